The molecule has 0 saturated carbocycles. The molecule has 0 aromatic heterocycles. The first-order chi connectivity index (χ1) is 11.8. The van der Waals surface area contributed by atoms with Crippen LogP contribution in [0.15, 0.2) is 24.3 Å². The molecule has 1 atom stereocenters. The van der Waals surface area contributed by atoms with Gasteiger partial charge < -0.3 is 15.0 Å². The average molecular weight is 369 g/mol. The maximum absolute atomic E-state index is 5.88. The molecule has 1 aliphatic heterocycles. The van der Waals surface area contributed by atoms with Crippen molar-refractivity contribution in [3.63, 3.8) is 0 Å². The zero-order valence-electron chi connectivity index (χ0n) is 16.1. The normalized spacial score (nSPS) is 16.2. The van der Waals surface area contributed by atoms with Gasteiger partial charge in [-0.3, -0.25) is 0 Å². The lowest BCUT2D eigenvalue weighted by Gasteiger charge is -2.27. The van der Waals surface area contributed by atoms with E-state index < -0.39 is 0 Å². The molecular formula is C21H37ClN2O. The first-order valence-electron chi connectivity index (χ1n) is 9.95. The van der Waals surface area contributed by atoms with Crippen LogP contribution in [-0.4, -0.2) is 44.2 Å². The third-order valence-electron chi connectivity index (χ3n) is 5.02. The Bertz CT molecular complexity index is 432. The minimum atomic E-state index is 0. The Morgan fingerprint density at radius 1 is 1.04 bits per heavy atom. The van der Waals surface area contributed by atoms with Crippen LogP contribution in [0.25, 0.3) is 0 Å². The summed E-state index contributed by atoms with van der Waals surface area (Å²) in [5.74, 6) is 1.67. The lowest BCUT2D eigenvalue weighted by molar-refractivity contribution is 0.234. The van der Waals surface area contributed by atoms with Crippen molar-refractivity contribution in [2.75, 3.05) is 39.3 Å². The topological polar surface area (TPSA) is 24.5 Å². The summed E-state index contributed by atoms with van der Waals surface area (Å²) >= 11 is 0. The molecule has 25 heavy (non-hydrogen) atoms. The molecule has 1 fully saturated rings. The SMILES string of the molecule is CCCC(C)c1ccc(OCCCCCCN2CCNCC2)cc1.Cl. The van der Waals surface area contributed by atoms with E-state index in [4.69, 9.17) is 4.74 Å². The number of ether oxygens (including phenoxy) is 1. The summed E-state index contributed by atoms with van der Waals surface area (Å²) in [5.41, 5.74) is 1.43. The van der Waals surface area contributed by atoms with E-state index in [9.17, 15) is 0 Å². The van der Waals surface area contributed by atoms with Gasteiger partial charge in [0, 0.05) is 26.2 Å². The van der Waals surface area contributed by atoms with Gasteiger partial charge in [0.2, 0.25) is 0 Å². The van der Waals surface area contributed by atoms with Crippen molar-refractivity contribution in [3.8, 4) is 5.75 Å². The van der Waals surface area contributed by atoms with Gasteiger partial charge in [-0.1, -0.05) is 45.2 Å². The van der Waals surface area contributed by atoms with E-state index in [2.05, 4.69) is 48.3 Å². The smallest absolute Gasteiger partial charge is 0.119 e. The lowest BCUT2D eigenvalue weighted by atomic mass is 9.97. The van der Waals surface area contributed by atoms with E-state index in [0.29, 0.717) is 5.92 Å². The van der Waals surface area contributed by atoms with Crippen molar-refractivity contribution < 1.29 is 4.74 Å². The van der Waals surface area contributed by atoms with Gasteiger partial charge >= 0.3 is 0 Å². The second-order valence-corrected chi connectivity index (χ2v) is 7.11. The van der Waals surface area contributed by atoms with Gasteiger partial charge in [0.1, 0.15) is 5.75 Å². The predicted molar refractivity (Wildman–Crippen MR) is 110 cm³/mol. The van der Waals surface area contributed by atoms with Gasteiger partial charge in [-0.25, -0.2) is 0 Å². The molecule has 1 unspecified atom stereocenters. The molecule has 3 nitrogen and oxygen atoms in total. The molecule has 1 aromatic rings. The average Bonchev–Trinajstić information content (AvgIpc) is 2.62. The molecule has 0 radical (unpaired) electrons. The summed E-state index contributed by atoms with van der Waals surface area (Å²) in [5, 5.41) is 3.41. The highest BCUT2D eigenvalue weighted by molar-refractivity contribution is 5.85. The molecule has 1 saturated heterocycles. The number of rotatable bonds is 11. The van der Waals surface area contributed by atoms with Gasteiger partial charge in [0.25, 0.3) is 0 Å². The first-order valence-corrected chi connectivity index (χ1v) is 9.95. The van der Waals surface area contributed by atoms with Crippen LogP contribution in [0.2, 0.25) is 0 Å². The van der Waals surface area contributed by atoms with E-state index in [1.165, 1.54) is 57.3 Å². The van der Waals surface area contributed by atoms with E-state index >= 15 is 0 Å². The van der Waals surface area contributed by atoms with Crippen LogP contribution >= 0.6 is 12.4 Å². The van der Waals surface area contributed by atoms with E-state index in [1.807, 2.05) is 0 Å². The summed E-state index contributed by atoms with van der Waals surface area (Å²) in [6, 6.07) is 8.71. The summed E-state index contributed by atoms with van der Waals surface area (Å²) in [6.07, 6.45) is 7.58. The highest BCUT2D eigenvalue weighted by Gasteiger charge is 2.08. The monoisotopic (exact) mass is 368 g/mol. The second-order valence-electron chi connectivity index (χ2n) is 7.11. The van der Waals surface area contributed by atoms with Crippen molar-refractivity contribution in [2.24, 2.45) is 0 Å². The molecule has 1 heterocycles. The van der Waals surface area contributed by atoms with Crippen LogP contribution in [0.1, 0.15) is 63.9 Å². The van der Waals surface area contributed by atoms with E-state index in [0.717, 1.165) is 31.9 Å². The van der Waals surface area contributed by atoms with E-state index in [1.54, 1.807) is 0 Å². The summed E-state index contributed by atoms with van der Waals surface area (Å²) in [7, 11) is 0. The van der Waals surface area contributed by atoms with Gasteiger partial charge in [0.15, 0.2) is 0 Å². The summed E-state index contributed by atoms with van der Waals surface area (Å²) in [6.45, 7) is 11.4. The van der Waals surface area contributed by atoms with Crippen molar-refractivity contribution >= 4 is 12.4 Å². The van der Waals surface area contributed by atoms with Gasteiger partial charge in [-0.2, -0.15) is 0 Å². The molecule has 0 bridgehead atoms. The zero-order chi connectivity index (χ0) is 17.0. The molecule has 0 aliphatic carbocycles. The quantitative estimate of drug-likeness (QED) is 0.564. The van der Waals surface area contributed by atoms with E-state index in [-0.39, 0.29) is 12.4 Å². The first kappa shape index (κ1) is 22.3. The molecule has 144 valence electrons. The standard InChI is InChI=1S/C21H36N2O.ClH/c1-3-8-19(2)20-9-11-21(12-10-20)24-18-7-5-4-6-15-23-16-13-22-14-17-23;/h9-12,19,22H,3-8,13-18H2,1-2H3;1H. The van der Waals surface area contributed by atoms with Crippen LogP contribution in [0, 0.1) is 0 Å². The van der Waals surface area contributed by atoms with Crippen LogP contribution in [-0.2, 0) is 0 Å². The Morgan fingerprint density at radius 2 is 1.72 bits per heavy atom. The Labute approximate surface area is 160 Å². The van der Waals surface area contributed by atoms with Crippen LogP contribution in [0.3, 0.4) is 0 Å². The molecule has 1 N–H and O–H groups in total. The maximum Gasteiger partial charge on any atom is 0.119 e. The number of unbranched alkanes of at least 4 members (excludes halogenated alkanes) is 3. The Morgan fingerprint density at radius 3 is 2.40 bits per heavy atom. The Balaban J connectivity index is 0.00000312. The number of piperazine rings is 1. The van der Waals surface area contributed by atoms with Crippen LogP contribution in [0.5, 0.6) is 5.75 Å². The van der Waals surface area contributed by atoms with Crippen molar-refractivity contribution in [3.05, 3.63) is 29.8 Å². The fourth-order valence-corrected chi connectivity index (χ4v) is 3.41. The number of halogens is 1. The largest absolute Gasteiger partial charge is 0.494 e. The number of hydrogen-bond donors (Lipinski definition) is 1. The molecule has 1 aromatic carbocycles. The lowest BCUT2D eigenvalue weighted by Crippen LogP contribution is -2.43. The Kier molecular flexibility index (Phi) is 12.0. The number of nitrogens with zero attached hydrogens (tertiary/aromatic N) is 1. The number of hydrogen-bond acceptors (Lipinski definition) is 3. The summed E-state index contributed by atoms with van der Waals surface area (Å²) < 4.78 is 5.88. The fourth-order valence-electron chi connectivity index (χ4n) is 3.41. The minimum Gasteiger partial charge on any atom is -0.494 e. The zero-order valence-corrected chi connectivity index (χ0v) is 17.0. The van der Waals surface area contributed by atoms with Gasteiger partial charge in [0.05, 0.1) is 6.61 Å². The van der Waals surface area contributed by atoms with Gasteiger partial charge in [-0.05, 0) is 49.4 Å². The third-order valence-corrected chi connectivity index (χ3v) is 5.02. The molecule has 0 spiro atoms. The predicted octanol–water partition coefficient (Wildman–Crippen LogP) is 4.86. The van der Waals surface area contributed by atoms with Crippen LogP contribution < -0.4 is 10.1 Å². The number of nitrogens with one attached hydrogen (secondary N) is 1. The van der Waals surface area contributed by atoms with Crippen molar-refractivity contribution in [1.82, 2.24) is 10.2 Å². The highest BCUT2D eigenvalue weighted by atomic mass is 35.5. The minimum absolute atomic E-state index is 0. The maximum atomic E-state index is 5.88. The fraction of sp³-hybridized carbons (Fsp3) is 0.714. The highest BCUT2D eigenvalue weighted by Crippen LogP contribution is 2.23. The third kappa shape index (κ3) is 8.94. The van der Waals surface area contributed by atoms with Crippen molar-refractivity contribution in [1.29, 1.82) is 0 Å². The van der Waals surface area contributed by atoms with Gasteiger partial charge in [-0.15, -0.1) is 12.4 Å². The van der Waals surface area contributed by atoms with Crippen molar-refractivity contribution in [2.45, 2.75) is 58.3 Å². The second kappa shape index (κ2) is 13.4. The molecule has 2 rings (SSSR count). The molecule has 4 heteroatoms. The summed E-state index contributed by atoms with van der Waals surface area (Å²) in [4.78, 5) is 2.58. The molecular weight excluding hydrogens is 332 g/mol. The molecule has 1 aliphatic rings. The van der Waals surface area contributed by atoms with Crippen LogP contribution in [0.4, 0.5) is 0 Å². The molecule has 0 amide bonds. The Hall–Kier alpha value is -0.770. The number of benzene rings is 1.